The number of nitrogens with two attached hydrogens (primary N) is 1. The van der Waals surface area contributed by atoms with Crippen molar-refractivity contribution in [3.05, 3.63) is 50.3 Å². The molecule has 0 radical (unpaired) electrons. The Morgan fingerprint density at radius 2 is 2.24 bits per heavy atom. The third kappa shape index (κ3) is 3.72. The Hall–Kier alpha value is -2.55. The summed E-state index contributed by atoms with van der Waals surface area (Å²) in [6.07, 6.45) is 0. The van der Waals surface area contributed by atoms with Crippen LogP contribution in [0.1, 0.15) is 5.56 Å². The molecule has 0 atom stereocenters. The summed E-state index contributed by atoms with van der Waals surface area (Å²) >= 11 is 1.29. The van der Waals surface area contributed by atoms with Crippen molar-refractivity contribution in [2.24, 2.45) is 0 Å². The van der Waals surface area contributed by atoms with Crippen LogP contribution in [0.4, 0.5) is 17.2 Å². The maximum Gasteiger partial charge on any atom is 0.292 e. The molecule has 0 aliphatic rings. The summed E-state index contributed by atoms with van der Waals surface area (Å²) in [6, 6.07) is 6.00. The first kappa shape index (κ1) is 14.9. The van der Waals surface area contributed by atoms with Crippen LogP contribution in [-0.2, 0) is 5.75 Å². The smallest absolute Gasteiger partial charge is 0.292 e. The van der Waals surface area contributed by atoms with Crippen molar-refractivity contribution in [1.82, 2.24) is 9.97 Å². The van der Waals surface area contributed by atoms with Crippen molar-refractivity contribution >= 4 is 29.0 Å². The molecule has 1 heterocycles. The van der Waals surface area contributed by atoms with E-state index >= 15 is 0 Å². The highest BCUT2D eigenvalue weighted by Crippen LogP contribution is 2.27. The van der Waals surface area contributed by atoms with Crippen LogP contribution in [0.2, 0.25) is 0 Å². The number of nitrogen functional groups attached to an aromatic ring is 1. The maximum atomic E-state index is 11.3. The van der Waals surface area contributed by atoms with Gasteiger partial charge in [-0.2, -0.15) is 0 Å². The lowest BCUT2D eigenvalue weighted by Crippen LogP contribution is -2.09. The monoisotopic (exact) mass is 307 g/mol. The summed E-state index contributed by atoms with van der Waals surface area (Å²) in [7, 11) is 1.62. The zero-order valence-electron chi connectivity index (χ0n) is 11.1. The average molecular weight is 307 g/mol. The normalized spacial score (nSPS) is 10.3. The second-order valence-corrected chi connectivity index (χ2v) is 5.09. The summed E-state index contributed by atoms with van der Waals surface area (Å²) in [5.41, 5.74) is 6.50. The van der Waals surface area contributed by atoms with E-state index in [1.807, 2.05) is 0 Å². The fourth-order valence-electron chi connectivity index (χ4n) is 1.71. The number of nitro benzene ring substituents is 1. The highest BCUT2D eigenvalue weighted by atomic mass is 32.2. The zero-order chi connectivity index (χ0) is 15.4. The van der Waals surface area contributed by atoms with Crippen LogP contribution in [0.3, 0.4) is 0 Å². The molecule has 8 nitrogen and oxygen atoms in total. The van der Waals surface area contributed by atoms with Crippen molar-refractivity contribution < 1.29 is 4.92 Å². The first-order chi connectivity index (χ1) is 9.99. The molecule has 2 aromatic rings. The van der Waals surface area contributed by atoms with Gasteiger partial charge >= 0.3 is 0 Å². The van der Waals surface area contributed by atoms with Crippen molar-refractivity contribution in [1.29, 1.82) is 0 Å². The van der Waals surface area contributed by atoms with Crippen LogP contribution in [0, 0.1) is 10.1 Å². The molecule has 0 saturated carbocycles. The number of H-pyrrole nitrogens is 1. The number of nitro groups is 1. The molecule has 1 aromatic heterocycles. The Kier molecular flexibility index (Phi) is 4.43. The number of rotatable bonds is 5. The highest BCUT2D eigenvalue weighted by Gasteiger charge is 2.13. The number of hydrogen-bond donors (Lipinski definition) is 3. The highest BCUT2D eigenvalue weighted by molar-refractivity contribution is 7.98. The van der Waals surface area contributed by atoms with Gasteiger partial charge in [0, 0.05) is 24.9 Å². The molecule has 9 heteroatoms. The van der Waals surface area contributed by atoms with Crippen LogP contribution in [0.25, 0.3) is 0 Å². The predicted molar refractivity (Wildman–Crippen MR) is 81.5 cm³/mol. The van der Waals surface area contributed by atoms with Crippen LogP contribution in [0.15, 0.2) is 34.2 Å². The minimum absolute atomic E-state index is 0.0155. The van der Waals surface area contributed by atoms with Crippen LogP contribution >= 0.6 is 11.8 Å². The number of nitrogens with zero attached hydrogens (tertiary/aromatic N) is 2. The quantitative estimate of drug-likeness (QED) is 0.331. The van der Waals surface area contributed by atoms with Crippen molar-refractivity contribution in [3.8, 4) is 0 Å². The summed E-state index contributed by atoms with van der Waals surface area (Å²) in [4.78, 5) is 28.2. The molecule has 0 amide bonds. The van der Waals surface area contributed by atoms with E-state index in [4.69, 9.17) is 5.73 Å². The minimum Gasteiger partial charge on any atom is -0.383 e. The third-order valence-electron chi connectivity index (χ3n) is 2.64. The van der Waals surface area contributed by atoms with Crippen LogP contribution in [0.5, 0.6) is 0 Å². The topological polar surface area (TPSA) is 127 Å². The molecule has 0 aliphatic heterocycles. The van der Waals surface area contributed by atoms with Gasteiger partial charge in [-0.15, -0.1) is 0 Å². The molecule has 21 heavy (non-hydrogen) atoms. The number of benzene rings is 1. The van der Waals surface area contributed by atoms with Gasteiger partial charge in [-0.1, -0.05) is 17.8 Å². The molecule has 4 N–H and O–H groups in total. The summed E-state index contributed by atoms with van der Waals surface area (Å²) in [5, 5.41) is 14.0. The first-order valence-electron chi connectivity index (χ1n) is 5.94. The zero-order valence-corrected chi connectivity index (χ0v) is 11.9. The summed E-state index contributed by atoms with van der Waals surface area (Å²) < 4.78 is 0. The fraction of sp³-hybridized carbons (Fsp3) is 0.167. The molecule has 0 spiro atoms. The summed E-state index contributed by atoms with van der Waals surface area (Å²) in [5.74, 6) is 0.653. The Morgan fingerprint density at radius 1 is 1.48 bits per heavy atom. The molecule has 1 aromatic carbocycles. The fourth-order valence-corrected chi connectivity index (χ4v) is 2.53. The maximum absolute atomic E-state index is 11.3. The number of hydrogen-bond acceptors (Lipinski definition) is 7. The predicted octanol–water partition coefficient (Wildman–Crippen LogP) is 1.59. The average Bonchev–Trinajstić information content (AvgIpc) is 2.43. The second-order valence-electron chi connectivity index (χ2n) is 4.12. The van der Waals surface area contributed by atoms with Crippen molar-refractivity contribution in [2.45, 2.75) is 10.9 Å². The van der Waals surface area contributed by atoms with Gasteiger partial charge in [0.05, 0.1) is 4.92 Å². The molecule has 0 saturated heterocycles. The molecule has 0 unspecified atom stereocenters. The van der Waals surface area contributed by atoms with Gasteiger partial charge in [0.1, 0.15) is 11.5 Å². The van der Waals surface area contributed by atoms with E-state index in [0.717, 1.165) is 5.56 Å². The number of nitrogens with one attached hydrogen (secondary N) is 2. The molecular formula is C12H13N5O3S. The second kappa shape index (κ2) is 6.27. The van der Waals surface area contributed by atoms with Gasteiger partial charge in [0.25, 0.3) is 11.2 Å². The molecule has 0 bridgehead atoms. The molecule has 0 fully saturated rings. The van der Waals surface area contributed by atoms with Gasteiger partial charge in [-0.3, -0.25) is 14.9 Å². The van der Waals surface area contributed by atoms with E-state index in [-0.39, 0.29) is 17.1 Å². The van der Waals surface area contributed by atoms with Gasteiger partial charge in [-0.05, 0) is 11.6 Å². The number of aromatic amines is 1. The van der Waals surface area contributed by atoms with Crippen molar-refractivity contribution in [2.75, 3.05) is 18.1 Å². The lowest BCUT2D eigenvalue weighted by atomic mass is 10.2. The number of anilines is 2. The molecular weight excluding hydrogens is 294 g/mol. The van der Waals surface area contributed by atoms with Gasteiger partial charge in [0.2, 0.25) is 0 Å². The van der Waals surface area contributed by atoms with E-state index in [2.05, 4.69) is 15.3 Å². The molecule has 2 rings (SSSR count). The van der Waals surface area contributed by atoms with Crippen molar-refractivity contribution in [3.63, 3.8) is 0 Å². The van der Waals surface area contributed by atoms with E-state index in [0.29, 0.717) is 16.6 Å². The SMILES string of the molecule is CNc1cc(CSc2nc(N)cc(=O)[nH]2)ccc1[N+](=O)[O-]. The molecule has 0 aliphatic carbocycles. The Morgan fingerprint density at radius 3 is 2.86 bits per heavy atom. The van der Waals surface area contributed by atoms with Gasteiger partial charge < -0.3 is 16.0 Å². The Bertz CT molecular complexity index is 731. The molecule has 110 valence electrons. The Balaban J connectivity index is 2.16. The van der Waals surface area contributed by atoms with Gasteiger partial charge in [-0.25, -0.2) is 4.98 Å². The minimum atomic E-state index is -0.445. The van der Waals surface area contributed by atoms with Crippen LogP contribution < -0.4 is 16.6 Å². The van der Waals surface area contributed by atoms with Gasteiger partial charge in [0.15, 0.2) is 5.16 Å². The largest absolute Gasteiger partial charge is 0.383 e. The van der Waals surface area contributed by atoms with E-state index in [1.165, 1.54) is 23.9 Å². The summed E-state index contributed by atoms with van der Waals surface area (Å²) in [6.45, 7) is 0. The van der Waals surface area contributed by atoms with E-state index in [9.17, 15) is 14.9 Å². The Labute approximate surface area is 123 Å². The number of thioether (sulfide) groups is 1. The lowest BCUT2D eigenvalue weighted by Gasteiger charge is -2.06. The van der Waals surface area contributed by atoms with Crippen LogP contribution in [-0.4, -0.2) is 21.9 Å². The van der Waals surface area contributed by atoms with E-state index in [1.54, 1.807) is 19.2 Å². The lowest BCUT2D eigenvalue weighted by molar-refractivity contribution is -0.383. The first-order valence-corrected chi connectivity index (χ1v) is 6.93. The number of aromatic nitrogens is 2. The standard InChI is InChI=1S/C12H13N5O3S/c1-14-8-4-7(2-3-9(8)17(19)20)6-21-12-15-10(13)5-11(18)16-12/h2-5,14H,6H2,1H3,(H3,13,15,16,18). The van der Waals surface area contributed by atoms with E-state index < -0.39 is 4.92 Å². The third-order valence-corrected chi connectivity index (χ3v) is 3.59.